The highest BCUT2D eigenvalue weighted by molar-refractivity contribution is 7.17. The molecule has 1 aromatic heterocycles. The number of halogens is 1. The third-order valence-corrected chi connectivity index (χ3v) is 8.17. The number of carbonyl (C=O) groups is 3. The number of rotatable bonds is 8. The number of benzene rings is 3. The minimum atomic E-state index is -1.02. The molecule has 1 N–H and O–H groups in total. The third-order valence-electron chi connectivity index (χ3n) is 6.78. The highest BCUT2D eigenvalue weighted by atomic mass is 35.5. The van der Waals surface area contributed by atoms with Gasteiger partial charge in [-0.25, -0.2) is 9.78 Å². The number of aromatic nitrogens is 1. The minimum Gasteiger partial charge on any atom is -0.507 e. The van der Waals surface area contributed by atoms with Gasteiger partial charge in [-0.2, -0.15) is 0 Å². The number of hydrogen-bond donors (Lipinski definition) is 1. The predicted octanol–water partition coefficient (Wildman–Crippen LogP) is 6.80. The van der Waals surface area contributed by atoms with Crippen LogP contribution in [0.1, 0.15) is 50.6 Å². The SMILES string of the molecule is CCOC(=O)c1sc(N2C(=O)C(=O)C(=C(O)c3ccc(OCc4ccccc4)cc3C)C2c2ccc(Cl)cc2)nc1C. The third kappa shape index (κ3) is 5.66. The van der Waals surface area contributed by atoms with Gasteiger partial charge in [0.25, 0.3) is 5.78 Å². The second-order valence-electron chi connectivity index (χ2n) is 9.60. The van der Waals surface area contributed by atoms with E-state index in [2.05, 4.69) is 4.98 Å². The molecule has 0 radical (unpaired) electrons. The molecule has 10 heteroatoms. The Kier molecular flexibility index (Phi) is 8.42. The molecule has 214 valence electrons. The van der Waals surface area contributed by atoms with Crippen molar-refractivity contribution < 1.29 is 29.0 Å². The number of ether oxygens (including phenoxy) is 2. The number of anilines is 1. The molecule has 42 heavy (non-hydrogen) atoms. The number of hydrogen-bond acceptors (Lipinski definition) is 8. The standard InChI is InChI=1S/C32H27ClN2O6S/c1-4-40-31(39)29-19(3)34-32(42-29)35-26(21-10-12-22(33)13-11-21)25(28(37)30(35)38)27(36)24-15-14-23(16-18(24)2)41-17-20-8-6-5-7-9-20/h5-16,26,36H,4,17H2,1-3H3. The van der Waals surface area contributed by atoms with E-state index >= 15 is 0 Å². The summed E-state index contributed by atoms with van der Waals surface area (Å²) < 4.78 is 11.0. The smallest absolute Gasteiger partial charge is 0.350 e. The fourth-order valence-electron chi connectivity index (χ4n) is 4.74. The van der Waals surface area contributed by atoms with E-state index in [1.807, 2.05) is 30.3 Å². The van der Waals surface area contributed by atoms with Crippen LogP contribution in [0.25, 0.3) is 5.76 Å². The van der Waals surface area contributed by atoms with Crippen molar-refractivity contribution in [1.29, 1.82) is 0 Å². The lowest BCUT2D eigenvalue weighted by molar-refractivity contribution is -0.132. The lowest BCUT2D eigenvalue weighted by Crippen LogP contribution is -2.29. The number of Topliss-reactive ketones (excluding diaryl/α,β-unsaturated/α-hetero) is 1. The van der Waals surface area contributed by atoms with Gasteiger partial charge in [0.1, 0.15) is 23.0 Å². The number of carbonyl (C=O) groups excluding carboxylic acids is 3. The van der Waals surface area contributed by atoms with Gasteiger partial charge in [-0.05, 0) is 67.8 Å². The number of nitrogens with zero attached hydrogens (tertiary/aromatic N) is 2. The summed E-state index contributed by atoms with van der Waals surface area (Å²) in [7, 11) is 0. The van der Waals surface area contributed by atoms with Crippen molar-refractivity contribution >= 4 is 51.5 Å². The van der Waals surface area contributed by atoms with Gasteiger partial charge in [-0.3, -0.25) is 14.5 Å². The summed E-state index contributed by atoms with van der Waals surface area (Å²) in [5, 5.41) is 12.2. The number of aryl methyl sites for hydroxylation is 2. The van der Waals surface area contributed by atoms with Crippen LogP contribution >= 0.6 is 22.9 Å². The van der Waals surface area contributed by atoms with E-state index in [-0.39, 0.29) is 27.9 Å². The Morgan fingerprint density at radius 3 is 2.43 bits per heavy atom. The summed E-state index contributed by atoms with van der Waals surface area (Å²) in [6, 6.07) is 20.5. The first-order chi connectivity index (χ1) is 20.2. The molecule has 1 aliphatic heterocycles. The van der Waals surface area contributed by atoms with E-state index in [9.17, 15) is 19.5 Å². The van der Waals surface area contributed by atoms with E-state index in [0.29, 0.717) is 39.8 Å². The van der Waals surface area contributed by atoms with E-state index in [1.165, 1.54) is 4.90 Å². The Morgan fingerprint density at radius 1 is 1.05 bits per heavy atom. The Balaban J connectivity index is 1.57. The molecule has 1 unspecified atom stereocenters. The molecule has 3 aromatic carbocycles. The number of aliphatic hydroxyl groups is 1. The van der Waals surface area contributed by atoms with E-state index in [4.69, 9.17) is 21.1 Å². The molecule has 0 bridgehead atoms. The normalized spacial score (nSPS) is 16.1. The first kappa shape index (κ1) is 29.0. The molecule has 1 amide bonds. The van der Waals surface area contributed by atoms with Gasteiger partial charge in [0.05, 0.1) is 23.9 Å². The molecule has 0 saturated carbocycles. The van der Waals surface area contributed by atoms with E-state index in [1.54, 1.807) is 63.2 Å². The Morgan fingerprint density at radius 2 is 1.76 bits per heavy atom. The summed E-state index contributed by atoms with van der Waals surface area (Å²) in [5.74, 6) is -2.05. The van der Waals surface area contributed by atoms with Crippen LogP contribution in [0.2, 0.25) is 5.02 Å². The second-order valence-corrected chi connectivity index (χ2v) is 11.0. The maximum Gasteiger partial charge on any atom is 0.350 e. The largest absolute Gasteiger partial charge is 0.507 e. The highest BCUT2D eigenvalue weighted by Gasteiger charge is 2.48. The lowest BCUT2D eigenvalue weighted by Gasteiger charge is -2.23. The zero-order valence-electron chi connectivity index (χ0n) is 23.1. The molecule has 1 saturated heterocycles. The van der Waals surface area contributed by atoms with Gasteiger partial charge >= 0.3 is 11.9 Å². The van der Waals surface area contributed by atoms with Gasteiger partial charge in [-0.15, -0.1) is 0 Å². The molecule has 1 atom stereocenters. The summed E-state index contributed by atoms with van der Waals surface area (Å²) in [6.45, 7) is 5.65. The predicted molar refractivity (Wildman–Crippen MR) is 161 cm³/mol. The minimum absolute atomic E-state index is 0.103. The van der Waals surface area contributed by atoms with Crippen LogP contribution in [0.5, 0.6) is 5.75 Å². The van der Waals surface area contributed by atoms with Gasteiger partial charge in [0.15, 0.2) is 5.13 Å². The first-order valence-electron chi connectivity index (χ1n) is 13.2. The van der Waals surface area contributed by atoms with Gasteiger partial charge in [0.2, 0.25) is 0 Å². The summed E-state index contributed by atoms with van der Waals surface area (Å²) >= 11 is 7.08. The lowest BCUT2D eigenvalue weighted by atomic mass is 9.94. The molecule has 0 aliphatic carbocycles. The van der Waals surface area contributed by atoms with Crippen LogP contribution in [0.4, 0.5) is 5.13 Å². The van der Waals surface area contributed by atoms with Crippen LogP contribution in [-0.2, 0) is 20.9 Å². The van der Waals surface area contributed by atoms with E-state index < -0.39 is 23.7 Å². The van der Waals surface area contributed by atoms with Crippen molar-refractivity contribution in [1.82, 2.24) is 4.98 Å². The number of ketones is 1. The van der Waals surface area contributed by atoms with E-state index in [0.717, 1.165) is 16.9 Å². The summed E-state index contributed by atoms with van der Waals surface area (Å²) in [4.78, 5) is 45.4. The fraction of sp³-hybridized carbons (Fsp3) is 0.188. The van der Waals surface area contributed by atoms with Crippen molar-refractivity contribution in [3.05, 3.63) is 116 Å². The fourth-order valence-corrected chi connectivity index (χ4v) is 5.85. The average molecular weight is 603 g/mol. The molecule has 5 rings (SSSR count). The van der Waals surface area contributed by atoms with Crippen LogP contribution in [0, 0.1) is 13.8 Å². The zero-order valence-corrected chi connectivity index (χ0v) is 24.7. The quantitative estimate of drug-likeness (QED) is 0.102. The molecule has 2 heterocycles. The summed E-state index contributed by atoms with van der Waals surface area (Å²) in [6.07, 6.45) is 0. The molecule has 1 fully saturated rings. The Labute approximate surface area is 251 Å². The van der Waals surface area contributed by atoms with Gasteiger partial charge in [0, 0.05) is 10.6 Å². The van der Waals surface area contributed by atoms with Crippen molar-refractivity contribution in [3.63, 3.8) is 0 Å². The van der Waals surface area contributed by atoms with Gasteiger partial charge in [-0.1, -0.05) is 65.4 Å². The molecule has 1 aliphatic rings. The molecular formula is C32H27ClN2O6S. The van der Waals surface area contributed by atoms with Crippen molar-refractivity contribution in [2.24, 2.45) is 0 Å². The number of amides is 1. The summed E-state index contributed by atoms with van der Waals surface area (Å²) in [5.41, 5.74) is 2.83. The van der Waals surface area contributed by atoms with Crippen molar-refractivity contribution in [3.8, 4) is 5.75 Å². The molecule has 4 aromatic rings. The number of esters is 1. The molecule has 8 nitrogen and oxygen atoms in total. The van der Waals surface area contributed by atoms with Crippen LogP contribution in [0.15, 0.2) is 78.4 Å². The maximum absolute atomic E-state index is 13.5. The Hall–Kier alpha value is -4.47. The first-order valence-corrected chi connectivity index (χ1v) is 14.4. The number of aliphatic hydroxyl groups excluding tert-OH is 1. The van der Waals surface area contributed by atoms with Gasteiger partial charge < -0.3 is 14.6 Å². The Bertz CT molecular complexity index is 1700. The van der Waals surface area contributed by atoms with Crippen molar-refractivity contribution in [2.75, 3.05) is 11.5 Å². The van der Waals surface area contributed by atoms with Crippen molar-refractivity contribution in [2.45, 2.75) is 33.4 Å². The average Bonchev–Trinajstić information content (AvgIpc) is 3.49. The maximum atomic E-state index is 13.5. The molecule has 0 spiro atoms. The van der Waals surface area contributed by atoms with Crippen LogP contribution in [-0.4, -0.2) is 34.4 Å². The van der Waals surface area contributed by atoms with Crippen LogP contribution in [0.3, 0.4) is 0 Å². The zero-order chi connectivity index (χ0) is 30.0. The highest BCUT2D eigenvalue weighted by Crippen LogP contribution is 2.44. The monoisotopic (exact) mass is 602 g/mol. The number of thiazole rings is 1. The second kappa shape index (κ2) is 12.2. The van der Waals surface area contributed by atoms with Crippen LogP contribution < -0.4 is 9.64 Å². The molecular weight excluding hydrogens is 576 g/mol. The topological polar surface area (TPSA) is 106 Å².